The van der Waals surface area contributed by atoms with E-state index in [1.807, 2.05) is 55.5 Å². The summed E-state index contributed by atoms with van der Waals surface area (Å²) in [6, 6.07) is 22.2. The van der Waals surface area contributed by atoms with E-state index in [1.165, 1.54) is 0 Å². The number of para-hydroxylation sites is 1. The van der Waals surface area contributed by atoms with E-state index < -0.39 is 0 Å². The van der Waals surface area contributed by atoms with Crippen LogP contribution in [0.1, 0.15) is 33.2 Å². The number of rotatable bonds is 4. The molecule has 6 heteroatoms. The van der Waals surface area contributed by atoms with Gasteiger partial charge in [-0.05, 0) is 48.9 Å². The highest BCUT2D eigenvalue weighted by molar-refractivity contribution is 6.30. The zero-order valence-electron chi connectivity index (χ0n) is 16.9. The normalized spacial score (nSPS) is 15.4. The van der Waals surface area contributed by atoms with E-state index in [0.29, 0.717) is 16.3 Å². The SMILES string of the molecule is Cc1[nH]c2ccccc2c1[C@@H]1c2ccccc2C(=O)N1CC(=O)Nc1ccc(Cl)cc1. The van der Waals surface area contributed by atoms with Gasteiger partial charge in [0.05, 0.1) is 6.04 Å². The molecule has 5 rings (SSSR count). The lowest BCUT2D eigenvalue weighted by molar-refractivity contribution is -0.117. The molecule has 2 amide bonds. The minimum Gasteiger partial charge on any atom is -0.358 e. The van der Waals surface area contributed by atoms with Crippen molar-refractivity contribution in [1.82, 2.24) is 9.88 Å². The number of H-pyrrole nitrogens is 1. The number of carbonyl (C=O) groups is 2. The van der Waals surface area contributed by atoms with Crippen LogP contribution in [0.4, 0.5) is 5.69 Å². The Labute approximate surface area is 184 Å². The Bertz CT molecular complexity index is 1310. The molecular formula is C25H20ClN3O2. The van der Waals surface area contributed by atoms with Crippen LogP contribution in [-0.4, -0.2) is 28.2 Å². The summed E-state index contributed by atoms with van der Waals surface area (Å²) in [4.78, 5) is 31.2. The molecule has 5 nitrogen and oxygen atoms in total. The van der Waals surface area contributed by atoms with Gasteiger partial charge in [0.15, 0.2) is 0 Å². The number of aromatic nitrogens is 1. The average Bonchev–Trinajstić information content (AvgIpc) is 3.23. The van der Waals surface area contributed by atoms with E-state index in [0.717, 1.165) is 27.7 Å². The highest BCUT2D eigenvalue weighted by Crippen LogP contribution is 2.42. The number of carbonyl (C=O) groups excluding carboxylic acids is 2. The number of benzene rings is 3. The number of halogens is 1. The van der Waals surface area contributed by atoms with Crippen molar-refractivity contribution in [2.75, 3.05) is 11.9 Å². The molecule has 2 heterocycles. The molecule has 0 bridgehead atoms. The summed E-state index contributed by atoms with van der Waals surface area (Å²) in [5.74, 6) is -0.400. The molecule has 0 spiro atoms. The predicted octanol–water partition coefficient (Wildman–Crippen LogP) is 5.31. The number of amides is 2. The molecular weight excluding hydrogens is 410 g/mol. The van der Waals surface area contributed by atoms with E-state index in [9.17, 15) is 9.59 Å². The van der Waals surface area contributed by atoms with Gasteiger partial charge in [-0.1, -0.05) is 48.0 Å². The van der Waals surface area contributed by atoms with Crippen LogP contribution >= 0.6 is 11.6 Å². The van der Waals surface area contributed by atoms with Gasteiger partial charge in [-0.2, -0.15) is 0 Å². The molecule has 1 atom stereocenters. The summed E-state index contributed by atoms with van der Waals surface area (Å²) in [5.41, 5.74) is 5.21. The lowest BCUT2D eigenvalue weighted by Crippen LogP contribution is -2.36. The number of anilines is 1. The van der Waals surface area contributed by atoms with Crippen molar-refractivity contribution in [3.05, 3.63) is 100 Å². The van der Waals surface area contributed by atoms with E-state index in [1.54, 1.807) is 29.2 Å². The van der Waals surface area contributed by atoms with Crippen molar-refractivity contribution in [2.45, 2.75) is 13.0 Å². The molecule has 4 aromatic rings. The Morgan fingerprint density at radius 2 is 1.74 bits per heavy atom. The molecule has 1 aliphatic rings. The number of fused-ring (bicyclic) bond motifs is 2. The summed E-state index contributed by atoms with van der Waals surface area (Å²) in [7, 11) is 0. The lowest BCUT2D eigenvalue weighted by atomic mass is 9.95. The molecule has 0 radical (unpaired) electrons. The second-order valence-electron chi connectivity index (χ2n) is 7.69. The maximum absolute atomic E-state index is 13.3. The third-order valence-corrected chi connectivity index (χ3v) is 5.97. The number of nitrogens with one attached hydrogen (secondary N) is 2. The third kappa shape index (κ3) is 3.37. The molecule has 0 saturated heterocycles. The predicted molar refractivity (Wildman–Crippen MR) is 122 cm³/mol. The number of aromatic amines is 1. The number of hydrogen-bond acceptors (Lipinski definition) is 2. The first kappa shape index (κ1) is 19.4. The van der Waals surface area contributed by atoms with Gasteiger partial charge in [-0.25, -0.2) is 0 Å². The summed E-state index contributed by atoms with van der Waals surface area (Å²) in [6.45, 7) is 1.95. The monoisotopic (exact) mass is 429 g/mol. The summed E-state index contributed by atoms with van der Waals surface area (Å²) >= 11 is 5.93. The summed E-state index contributed by atoms with van der Waals surface area (Å²) < 4.78 is 0. The van der Waals surface area contributed by atoms with Gasteiger partial charge >= 0.3 is 0 Å². The lowest BCUT2D eigenvalue weighted by Gasteiger charge is -2.25. The number of aryl methyl sites for hydroxylation is 1. The molecule has 154 valence electrons. The molecule has 0 saturated carbocycles. The molecule has 31 heavy (non-hydrogen) atoms. The molecule has 0 fully saturated rings. The fourth-order valence-corrected chi connectivity index (χ4v) is 4.51. The standard InChI is InChI=1S/C25H20ClN3O2/c1-15-23(20-8-4-5-9-21(20)27-15)24-18-6-2-3-7-19(18)25(31)29(24)14-22(30)28-17-12-10-16(26)11-13-17/h2-13,24,27H,14H2,1H3,(H,28,30)/t24-/m0/s1. The molecule has 1 aliphatic heterocycles. The first-order valence-electron chi connectivity index (χ1n) is 10.1. The van der Waals surface area contributed by atoms with Crippen LogP contribution in [0.5, 0.6) is 0 Å². The van der Waals surface area contributed by atoms with Gasteiger partial charge in [0, 0.05) is 38.4 Å². The fourth-order valence-electron chi connectivity index (χ4n) is 4.38. The minimum atomic E-state index is -0.337. The second kappa shape index (κ2) is 7.60. The van der Waals surface area contributed by atoms with Crippen LogP contribution in [0.2, 0.25) is 5.02 Å². The van der Waals surface area contributed by atoms with Crippen LogP contribution in [0.25, 0.3) is 10.9 Å². The van der Waals surface area contributed by atoms with Crippen LogP contribution < -0.4 is 5.32 Å². The van der Waals surface area contributed by atoms with Gasteiger partial charge in [0.25, 0.3) is 5.91 Å². The first-order valence-corrected chi connectivity index (χ1v) is 10.4. The Hall–Kier alpha value is -3.57. The maximum atomic E-state index is 13.3. The van der Waals surface area contributed by atoms with E-state index >= 15 is 0 Å². The summed E-state index contributed by atoms with van der Waals surface area (Å²) in [6.07, 6.45) is 0. The van der Waals surface area contributed by atoms with Gasteiger partial charge in [-0.3, -0.25) is 9.59 Å². The molecule has 0 unspecified atom stereocenters. The average molecular weight is 430 g/mol. The van der Waals surface area contributed by atoms with Crippen molar-refractivity contribution < 1.29 is 9.59 Å². The van der Waals surface area contributed by atoms with Crippen molar-refractivity contribution >= 4 is 40.0 Å². The van der Waals surface area contributed by atoms with Gasteiger partial charge < -0.3 is 15.2 Å². The van der Waals surface area contributed by atoms with Gasteiger partial charge in [0.2, 0.25) is 5.91 Å². The number of hydrogen-bond donors (Lipinski definition) is 2. The van der Waals surface area contributed by atoms with E-state index in [4.69, 9.17) is 11.6 Å². The minimum absolute atomic E-state index is 0.0558. The van der Waals surface area contributed by atoms with Gasteiger partial charge in [0.1, 0.15) is 6.54 Å². The largest absolute Gasteiger partial charge is 0.358 e. The molecule has 3 aromatic carbocycles. The van der Waals surface area contributed by atoms with Crippen LogP contribution in [-0.2, 0) is 4.79 Å². The van der Waals surface area contributed by atoms with E-state index in [2.05, 4.69) is 10.3 Å². The van der Waals surface area contributed by atoms with Crippen LogP contribution in [0.15, 0.2) is 72.8 Å². The van der Waals surface area contributed by atoms with Crippen molar-refractivity contribution in [3.8, 4) is 0 Å². The second-order valence-corrected chi connectivity index (χ2v) is 8.12. The van der Waals surface area contributed by atoms with Crippen molar-refractivity contribution in [1.29, 1.82) is 0 Å². The molecule has 0 aliphatic carbocycles. The number of nitrogens with zero attached hydrogens (tertiary/aromatic N) is 1. The van der Waals surface area contributed by atoms with Gasteiger partial charge in [-0.15, -0.1) is 0 Å². The van der Waals surface area contributed by atoms with Crippen LogP contribution in [0, 0.1) is 6.92 Å². The van der Waals surface area contributed by atoms with Crippen LogP contribution in [0.3, 0.4) is 0 Å². The fraction of sp³-hybridized carbons (Fsp3) is 0.120. The maximum Gasteiger partial charge on any atom is 0.255 e. The van der Waals surface area contributed by atoms with Crippen molar-refractivity contribution in [3.63, 3.8) is 0 Å². The Balaban J connectivity index is 1.54. The zero-order valence-corrected chi connectivity index (χ0v) is 17.6. The van der Waals surface area contributed by atoms with Crippen molar-refractivity contribution in [2.24, 2.45) is 0 Å². The smallest absolute Gasteiger partial charge is 0.255 e. The van der Waals surface area contributed by atoms with E-state index in [-0.39, 0.29) is 24.4 Å². The Morgan fingerprint density at radius 3 is 2.55 bits per heavy atom. The Kier molecular flexibility index (Phi) is 4.75. The Morgan fingerprint density at radius 1 is 1.03 bits per heavy atom. The zero-order chi connectivity index (χ0) is 21.5. The summed E-state index contributed by atoms with van der Waals surface area (Å²) in [5, 5.41) is 4.51. The highest BCUT2D eigenvalue weighted by atomic mass is 35.5. The quantitative estimate of drug-likeness (QED) is 0.461. The molecule has 1 aromatic heterocycles. The highest BCUT2D eigenvalue weighted by Gasteiger charge is 2.40. The third-order valence-electron chi connectivity index (χ3n) is 5.72. The topological polar surface area (TPSA) is 65.2 Å². The first-order chi connectivity index (χ1) is 15.0. The molecule has 2 N–H and O–H groups in total.